The van der Waals surface area contributed by atoms with Gasteiger partial charge in [0.05, 0.1) is 4.92 Å². The van der Waals surface area contributed by atoms with Gasteiger partial charge < -0.3 is 20.4 Å². The van der Waals surface area contributed by atoms with Gasteiger partial charge in [-0.3, -0.25) is 10.1 Å². The van der Waals surface area contributed by atoms with Crippen molar-refractivity contribution < 1.29 is 4.92 Å². The molecule has 9 nitrogen and oxygen atoms in total. The number of nitrogens with zero attached hydrogens (tertiary/aromatic N) is 6. The Balaban J connectivity index is 1.95. The Morgan fingerprint density at radius 2 is 1.58 bits per heavy atom. The molecule has 0 bridgehead atoms. The van der Waals surface area contributed by atoms with Gasteiger partial charge in [-0.25, -0.2) is 0 Å². The molecule has 9 heteroatoms. The van der Waals surface area contributed by atoms with E-state index in [4.69, 9.17) is 5.73 Å². The van der Waals surface area contributed by atoms with Crippen molar-refractivity contribution in [3.8, 4) is 0 Å². The fraction of sp³-hybridized carbons (Fsp3) is 0.733. The Bertz CT molecular complexity index is 594. The molecular formula is C15H25N7O2. The highest BCUT2D eigenvalue weighted by atomic mass is 16.6. The molecule has 0 unspecified atom stereocenters. The first-order valence-corrected chi connectivity index (χ1v) is 8.56. The summed E-state index contributed by atoms with van der Waals surface area (Å²) in [7, 11) is 2.07. The summed E-state index contributed by atoms with van der Waals surface area (Å²) in [6.07, 6.45) is 4.34. The van der Waals surface area contributed by atoms with Gasteiger partial charge in [-0.1, -0.05) is 12.8 Å². The summed E-state index contributed by atoms with van der Waals surface area (Å²) < 4.78 is 0. The third kappa shape index (κ3) is 3.50. The van der Waals surface area contributed by atoms with E-state index < -0.39 is 4.92 Å². The molecule has 3 rings (SSSR count). The second-order valence-electron chi connectivity index (χ2n) is 6.53. The van der Waals surface area contributed by atoms with Crippen molar-refractivity contribution in [3.05, 3.63) is 10.1 Å². The van der Waals surface area contributed by atoms with Crippen molar-refractivity contribution in [1.29, 1.82) is 0 Å². The molecule has 0 radical (unpaired) electrons. The molecule has 132 valence electrons. The van der Waals surface area contributed by atoms with Gasteiger partial charge in [0.15, 0.2) is 0 Å². The maximum absolute atomic E-state index is 11.5. The van der Waals surface area contributed by atoms with E-state index in [1.807, 2.05) is 4.90 Å². The maximum Gasteiger partial charge on any atom is 0.353 e. The largest absolute Gasteiger partial charge is 0.378 e. The van der Waals surface area contributed by atoms with Crippen LogP contribution in [0.5, 0.6) is 0 Å². The third-order valence-corrected chi connectivity index (χ3v) is 4.76. The van der Waals surface area contributed by atoms with Crippen LogP contribution in [0.25, 0.3) is 0 Å². The van der Waals surface area contributed by atoms with Crippen LogP contribution >= 0.6 is 0 Å². The average molecular weight is 335 g/mol. The topological polar surface area (TPSA) is 105 Å². The molecule has 2 N–H and O–H groups in total. The van der Waals surface area contributed by atoms with Gasteiger partial charge in [0.25, 0.3) is 0 Å². The number of hydrogen-bond acceptors (Lipinski definition) is 8. The van der Waals surface area contributed by atoms with Crippen molar-refractivity contribution in [1.82, 2.24) is 14.9 Å². The van der Waals surface area contributed by atoms with E-state index in [1.165, 1.54) is 0 Å². The summed E-state index contributed by atoms with van der Waals surface area (Å²) in [6.45, 7) is 4.98. The van der Waals surface area contributed by atoms with E-state index in [1.54, 1.807) is 0 Å². The number of nitrogen functional groups attached to an aromatic ring is 1. The molecule has 3 heterocycles. The quantitative estimate of drug-likeness (QED) is 0.647. The Hall–Kier alpha value is -2.16. The minimum atomic E-state index is -0.455. The Kier molecular flexibility index (Phi) is 4.98. The summed E-state index contributed by atoms with van der Waals surface area (Å²) in [5.74, 6) is 0.844. The zero-order chi connectivity index (χ0) is 17.1. The summed E-state index contributed by atoms with van der Waals surface area (Å²) >= 11 is 0. The lowest BCUT2D eigenvalue weighted by Gasteiger charge is -2.33. The molecule has 2 aliphatic heterocycles. The number of piperazine rings is 1. The number of likely N-dealkylation sites (N-methyl/N-ethyl adjacent to an activating group) is 1. The molecular weight excluding hydrogens is 310 g/mol. The number of aromatic nitrogens is 2. The van der Waals surface area contributed by atoms with Gasteiger partial charge in [0, 0.05) is 39.3 Å². The Morgan fingerprint density at radius 1 is 0.958 bits per heavy atom. The predicted molar refractivity (Wildman–Crippen MR) is 93.5 cm³/mol. The van der Waals surface area contributed by atoms with E-state index >= 15 is 0 Å². The highest BCUT2D eigenvalue weighted by molar-refractivity contribution is 5.71. The molecule has 0 saturated carbocycles. The monoisotopic (exact) mass is 335 g/mol. The van der Waals surface area contributed by atoms with Gasteiger partial charge in [0.1, 0.15) is 0 Å². The molecule has 2 fully saturated rings. The van der Waals surface area contributed by atoms with Crippen molar-refractivity contribution in [2.75, 3.05) is 61.8 Å². The van der Waals surface area contributed by atoms with Crippen LogP contribution in [0.4, 0.5) is 23.3 Å². The van der Waals surface area contributed by atoms with E-state index in [0.29, 0.717) is 11.8 Å². The first kappa shape index (κ1) is 16.7. The van der Waals surface area contributed by atoms with Crippen LogP contribution in [-0.4, -0.2) is 66.1 Å². The van der Waals surface area contributed by atoms with Crippen LogP contribution in [0.15, 0.2) is 0 Å². The first-order chi connectivity index (χ1) is 11.6. The molecule has 0 aliphatic carbocycles. The minimum absolute atomic E-state index is 0.0387. The maximum atomic E-state index is 11.5. The van der Waals surface area contributed by atoms with Gasteiger partial charge in [-0.2, -0.15) is 9.97 Å². The molecule has 24 heavy (non-hydrogen) atoms. The summed E-state index contributed by atoms with van der Waals surface area (Å²) in [4.78, 5) is 26.1. The predicted octanol–water partition coefficient (Wildman–Crippen LogP) is 1.10. The lowest BCUT2D eigenvalue weighted by molar-refractivity contribution is -0.383. The molecule has 2 saturated heterocycles. The fourth-order valence-corrected chi connectivity index (χ4v) is 3.27. The third-order valence-electron chi connectivity index (χ3n) is 4.76. The van der Waals surface area contributed by atoms with Gasteiger partial charge in [-0.05, 0) is 19.9 Å². The molecule has 0 atom stereocenters. The number of nitrogens with two attached hydrogens (primary N) is 1. The zero-order valence-electron chi connectivity index (χ0n) is 14.1. The second-order valence-corrected chi connectivity index (χ2v) is 6.53. The number of anilines is 3. The number of hydrogen-bond donors (Lipinski definition) is 1. The lowest BCUT2D eigenvalue weighted by atomic mass is 10.2. The molecule has 1 aromatic heterocycles. The fourth-order valence-electron chi connectivity index (χ4n) is 3.27. The minimum Gasteiger partial charge on any atom is -0.378 e. The van der Waals surface area contributed by atoms with Crippen molar-refractivity contribution >= 4 is 23.3 Å². The smallest absolute Gasteiger partial charge is 0.353 e. The summed E-state index contributed by atoms with van der Waals surface area (Å²) in [5.41, 5.74) is 5.79. The molecule has 2 aliphatic rings. The standard InChI is InChI=1S/C15H25N7O2/c1-19-8-10-21(11-9-19)15-17-13(16)12(22(23)24)14(18-15)20-6-4-2-3-5-7-20/h2-11H2,1H3,(H2,16,17,18). The zero-order valence-corrected chi connectivity index (χ0v) is 14.1. The highest BCUT2D eigenvalue weighted by Crippen LogP contribution is 2.34. The van der Waals surface area contributed by atoms with Crippen LogP contribution in [0.1, 0.15) is 25.7 Å². The molecule has 0 aromatic carbocycles. The first-order valence-electron chi connectivity index (χ1n) is 8.56. The van der Waals surface area contributed by atoms with Crippen LogP contribution < -0.4 is 15.5 Å². The lowest BCUT2D eigenvalue weighted by Crippen LogP contribution is -2.45. The molecule has 0 amide bonds. The average Bonchev–Trinajstić information content (AvgIpc) is 2.83. The Morgan fingerprint density at radius 3 is 2.17 bits per heavy atom. The van der Waals surface area contributed by atoms with Crippen LogP contribution in [0.3, 0.4) is 0 Å². The molecule has 0 spiro atoms. The van der Waals surface area contributed by atoms with Crippen molar-refractivity contribution in [3.63, 3.8) is 0 Å². The van der Waals surface area contributed by atoms with Crippen molar-refractivity contribution in [2.24, 2.45) is 0 Å². The summed E-state index contributed by atoms with van der Waals surface area (Å²) in [6, 6.07) is 0. The van der Waals surface area contributed by atoms with E-state index in [2.05, 4.69) is 26.8 Å². The van der Waals surface area contributed by atoms with E-state index in [9.17, 15) is 10.1 Å². The van der Waals surface area contributed by atoms with Crippen molar-refractivity contribution in [2.45, 2.75) is 25.7 Å². The van der Waals surface area contributed by atoms with Gasteiger partial charge >= 0.3 is 5.69 Å². The number of rotatable bonds is 3. The highest BCUT2D eigenvalue weighted by Gasteiger charge is 2.29. The van der Waals surface area contributed by atoms with Gasteiger partial charge in [-0.15, -0.1) is 0 Å². The van der Waals surface area contributed by atoms with Crippen LogP contribution in [0, 0.1) is 10.1 Å². The van der Waals surface area contributed by atoms with Crippen LogP contribution in [0.2, 0.25) is 0 Å². The van der Waals surface area contributed by atoms with Gasteiger partial charge in [0.2, 0.25) is 17.6 Å². The SMILES string of the molecule is CN1CCN(c2nc(N)c([N+](=O)[O-])c(N3CCCCCC3)n2)CC1. The van der Waals surface area contributed by atoms with E-state index in [-0.39, 0.29) is 11.5 Å². The second kappa shape index (κ2) is 7.16. The molecule has 1 aromatic rings. The number of nitro groups is 1. The Labute approximate surface area is 141 Å². The van der Waals surface area contributed by atoms with E-state index in [0.717, 1.165) is 65.0 Å². The summed E-state index contributed by atoms with van der Waals surface area (Å²) in [5, 5.41) is 11.5. The normalized spacial score (nSPS) is 20.0. The van der Waals surface area contributed by atoms with Crippen LogP contribution in [-0.2, 0) is 0 Å².